The lowest BCUT2D eigenvalue weighted by Crippen LogP contribution is -2.44. The number of hydrogen-bond acceptors (Lipinski definition) is 5. The molecule has 2 heterocycles. The molecule has 2 N–H and O–H groups in total. The lowest BCUT2D eigenvalue weighted by atomic mass is 10.3. The molecule has 108 valence electrons. The van der Waals surface area contributed by atoms with E-state index in [-0.39, 0.29) is 6.10 Å². The molecule has 1 aliphatic rings. The number of hydrogen-bond donors (Lipinski definition) is 2. The van der Waals surface area contributed by atoms with Crippen molar-refractivity contribution in [2.75, 3.05) is 45.9 Å². The number of nitrogens with zero attached hydrogens (tertiary/aromatic N) is 3. The van der Waals surface area contributed by atoms with E-state index in [4.69, 9.17) is 4.74 Å². The van der Waals surface area contributed by atoms with E-state index in [2.05, 4.69) is 15.3 Å². The summed E-state index contributed by atoms with van der Waals surface area (Å²) < 4.78 is 7.20. The van der Waals surface area contributed by atoms with Gasteiger partial charge in [0.05, 0.1) is 32.1 Å². The van der Waals surface area contributed by atoms with E-state index in [1.54, 1.807) is 0 Å². The molecule has 2 rings (SSSR count). The molecule has 0 saturated carbocycles. The van der Waals surface area contributed by atoms with Crippen molar-refractivity contribution in [1.82, 2.24) is 20.0 Å². The van der Waals surface area contributed by atoms with Crippen molar-refractivity contribution in [1.29, 1.82) is 0 Å². The molecule has 0 spiro atoms. The molecule has 1 unspecified atom stereocenters. The highest BCUT2D eigenvalue weighted by molar-refractivity contribution is 4.99. The van der Waals surface area contributed by atoms with Gasteiger partial charge in [0, 0.05) is 38.9 Å². The van der Waals surface area contributed by atoms with Gasteiger partial charge >= 0.3 is 0 Å². The highest BCUT2D eigenvalue weighted by atomic mass is 16.5. The fourth-order valence-corrected chi connectivity index (χ4v) is 2.20. The number of morpholine rings is 1. The van der Waals surface area contributed by atoms with Crippen molar-refractivity contribution < 1.29 is 9.84 Å². The van der Waals surface area contributed by atoms with Crippen molar-refractivity contribution in [3.8, 4) is 0 Å². The van der Waals surface area contributed by atoms with Gasteiger partial charge in [-0.05, 0) is 12.5 Å². The van der Waals surface area contributed by atoms with Crippen LogP contribution in [0.15, 0.2) is 12.4 Å². The Morgan fingerprint density at radius 1 is 1.47 bits per heavy atom. The topological polar surface area (TPSA) is 62.5 Å². The Balaban J connectivity index is 1.54. The second-order valence-electron chi connectivity index (χ2n) is 5.05. The highest BCUT2D eigenvalue weighted by Crippen LogP contribution is 1.98. The van der Waals surface area contributed by atoms with Crippen LogP contribution in [0.2, 0.25) is 0 Å². The highest BCUT2D eigenvalue weighted by Gasteiger charge is 2.14. The smallest absolute Gasteiger partial charge is 0.0791 e. The molecule has 1 aliphatic heterocycles. The van der Waals surface area contributed by atoms with E-state index < -0.39 is 0 Å². The summed E-state index contributed by atoms with van der Waals surface area (Å²) in [7, 11) is 0. The number of β-amino-alcohol motifs (C(OH)–C–C–N with tert-alkyl or cyclic N) is 1. The predicted octanol–water partition coefficient (Wildman–Crippen LogP) is -0.526. The van der Waals surface area contributed by atoms with Gasteiger partial charge in [0.1, 0.15) is 0 Å². The van der Waals surface area contributed by atoms with Gasteiger partial charge in [-0.1, -0.05) is 0 Å². The summed E-state index contributed by atoms with van der Waals surface area (Å²) in [5, 5.41) is 17.4. The van der Waals surface area contributed by atoms with Crippen LogP contribution in [-0.2, 0) is 11.3 Å². The fraction of sp³-hybridized carbons (Fsp3) is 0.769. The van der Waals surface area contributed by atoms with Crippen LogP contribution < -0.4 is 5.32 Å². The van der Waals surface area contributed by atoms with Crippen molar-refractivity contribution in [2.45, 2.75) is 19.6 Å². The lowest BCUT2D eigenvalue weighted by molar-refractivity contribution is 0.0149. The van der Waals surface area contributed by atoms with E-state index in [9.17, 15) is 5.11 Å². The van der Waals surface area contributed by atoms with Crippen LogP contribution in [0, 0.1) is 6.92 Å². The Morgan fingerprint density at radius 3 is 2.95 bits per heavy atom. The number of nitrogens with one attached hydrogen (secondary N) is 1. The van der Waals surface area contributed by atoms with Gasteiger partial charge in [-0.15, -0.1) is 0 Å². The second-order valence-corrected chi connectivity index (χ2v) is 5.05. The number of aliphatic hydroxyl groups is 1. The van der Waals surface area contributed by atoms with Crippen molar-refractivity contribution in [3.05, 3.63) is 18.0 Å². The average molecular weight is 268 g/mol. The largest absolute Gasteiger partial charge is 0.390 e. The van der Waals surface area contributed by atoms with Crippen LogP contribution in [0.1, 0.15) is 5.56 Å². The monoisotopic (exact) mass is 268 g/mol. The summed E-state index contributed by atoms with van der Waals surface area (Å²) in [6.07, 6.45) is 3.55. The minimum Gasteiger partial charge on any atom is -0.390 e. The standard InChI is InChI=1S/C13H24N4O2/c1-12-8-15-17(10-12)3-2-14-9-13(18)11-16-4-6-19-7-5-16/h8,10,13-14,18H,2-7,9,11H2,1H3. The summed E-state index contributed by atoms with van der Waals surface area (Å²) in [6.45, 7) is 8.42. The number of aliphatic hydroxyl groups excluding tert-OH is 1. The SMILES string of the molecule is Cc1cnn(CCNCC(O)CN2CCOCC2)c1. The molecule has 1 fully saturated rings. The third-order valence-electron chi connectivity index (χ3n) is 3.23. The molecular weight excluding hydrogens is 244 g/mol. The minimum absolute atomic E-state index is 0.322. The molecule has 6 nitrogen and oxygen atoms in total. The van der Waals surface area contributed by atoms with Crippen LogP contribution in [0.4, 0.5) is 0 Å². The van der Waals surface area contributed by atoms with Gasteiger partial charge in [0.2, 0.25) is 0 Å². The zero-order valence-corrected chi connectivity index (χ0v) is 11.6. The quantitative estimate of drug-likeness (QED) is 0.651. The molecule has 0 radical (unpaired) electrons. The Hall–Kier alpha value is -0.950. The predicted molar refractivity (Wildman–Crippen MR) is 73.1 cm³/mol. The molecule has 1 aromatic rings. The van der Waals surface area contributed by atoms with Crippen LogP contribution in [-0.4, -0.2) is 71.8 Å². The third kappa shape index (κ3) is 5.28. The minimum atomic E-state index is -0.322. The number of aromatic nitrogens is 2. The van der Waals surface area contributed by atoms with Gasteiger partial charge in [0.25, 0.3) is 0 Å². The molecule has 0 bridgehead atoms. The normalized spacial score (nSPS) is 18.6. The molecule has 0 aliphatic carbocycles. The maximum absolute atomic E-state index is 9.94. The van der Waals surface area contributed by atoms with Gasteiger partial charge in [0.15, 0.2) is 0 Å². The maximum atomic E-state index is 9.94. The molecule has 1 aromatic heterocycles. The Kier molecular flexibility index (Phi) is 5.78. The van der Waals surface area contributed by atoms with Crippen LogP contribution in [0.25, 0.3) is 0 Å². The van der Waals surface area contributed by atoms with Crippen molar-refractivity contribution in [3.63, 3.8) is 0 Å². The maximum Gasteiger partial charge on any atom is 0.0791 e. The molecular formula is C13H24N4O2. The van der Waals surface area contributed by atoms with Crippen molar-refractivity contribution >= 4 is 0 Å². The van der Waals surface area contributed by atoms with Gasteiger partial charge in [-0.25, -0.2) is 0 Å². The number of ether oxygens (including phenoxy) is 1. The Labute approximate surface area is 114 Å². The first-order chi connectivity index (χ1) is 9.24. The van der Waals surface area contributed by atoms with E-state index in [1.807, 2.05) is 24.0 Å². The first kappa shape index (κ1) is 14.5. The Morgan fingerprint density at radius 2 is 2.26 bits per heavy atom. The second kappa shape index (κ2) is 7.59. The Bertz CT molecular complexity index is 363. The number of rotatable bonds is 7. The summed E-state index contributed by atoms with van der Waals surface area (Å²) in [6, 6.07) is 0. The molecule has 1 atom stereocenters. The summed E-state index contributed by atoms with van der Waals surface area (Å²) in [4.78, 5) is 2.24. The zero-order valence-electron chi connectivity index (χ0n) is 11.6. The molecule has 19 heavy (non-hydrogen) atoms. The van der Waals surface area contributed by atoms with E-state index in [1.165, 1.54) is 5.56 Å². The molecule has 6 heteroatoms. The summed E-state index contributed by atoms with van der Waals surface area (Å²) in [5.74, 6) is 0. The van der Waals surface area contributed by atoms with Gasteiger partial charge < -0.3 is 15.2 Å². The first-order valence-corrected chi connectivity index (χ1v) is 6.92. The van der Waals surface area contributed by atoms with Crippen molar-refractivity contribution in [2.24, 2.45) is 0 Å². The van der Waals surface area contributed by atoms with Crippen LogP contribution in [0.5, 0.6) is 0 Å². The van der Waals surface area contributed by atoms with Gasteiger partial charge in [-0.3, -0.25) is 9.58 Å². The third-order valence-corrected chi connectivity index (χ3v) is 3.23. The summed E-state index contributed by atoms with van der Waals surface area (Å²) in [5.41, 5.74) is 1.17. The van der Waals surface area contributed by atoms with Gasteiger partial charge in [-0.2, -0.15) is 5.10 Å². The average Bonchev–Trinajstić information content (AvgIpc) is 2.82. The number of aryl methyl sites for hydroxylation is 1. The summed E-state index contributed by atoms with van der Waals surface area (Å²) >= 11 is 0. The molecule has 0 aromatic carbocycles. The fourth-order valence-electron chi connectivity index (χ4n) is 2.20. The molecule has 0 amide bonds. The van der Waals surface area contributed by atoms with E-state index in [0.717, 1.165) is 45.9 Å². The first-order valence-electron chi connectivity index (χ1n) is 6.92. The van der Waals surface area contributed by atoms with Crippen LogP contribution >= 0.6 is 0 Å². The molecule has 1 saturated heterocycles. The van der Waals surface area contributed by atoms with E-state index >= 15 is 0 Å². The van der Waals surface area contributed by atoms with E-state index in [0.29, 0.717) is 6.54 Å². The lowest BCUT2D eigenvalue weighted by Gasteiger charge is -2.28. The van der Waals surface area contributed by atoms with Crippen LogP contribution in [0.3, 0.4) is 0 Å². The zero-order chi connectivity index (χ0) is 13.5.